The first-order valence-corrected chi connectivity index (χ1v) is 10.0. The van der Waals surface area contributed by atoms with E-state index < -0.39 is 18.9 Å². The number of aromatic nitrogens is 4. The lowest BCUT2D eigenvalue weighted by atomic mass is 10.2. The van der Waals surface area contributed by atoms with E-state index in [0.29, 0.717) is 29.1 Å². The van der Waals surface area contributed by atoms with Crippen molar-refractivity contribution in [3.63, 3.8) is 0 Å². The predicted molar refractivity (Wildman–Crippen MR) is 109 cm³/mol. The molecule has 12 heteroatoms. The molecule has 3 heterocycles. The Morgan fingerprint density at radius 2 is 2.06 bits per heavy atom. The number of imidazole rings is 1. The molecule has 0 saturated carbocycles. The predicted octanol–water partition coefficient (Wildman–Crippen LogP) is 2.08. The van der Waals surface area contributed by atoms with Crippen molar-refractivity contribution in [3.05, 3.63) is 36.2 Å². The van der Waals surface area contributed by atoms with Gasteiger partial charge in [0.2, 0.25) is 11.8 Å². The van der Waals surface area contributed by atoms with Gasteiger partial charge in [-0.3, -0.25) is 4.57 Å². The van der Waals surface area contributed by atoms with Gasteiger partial charge in [-0.25, -0.2) is 9.97 Å². The van der Waals surface area contributed by atoms with E-state index in [1.807, 2.05) is 6.92 Å². The number of aliphatic hydroxyl groups is 2. The largest absolute Gasteiger partial charge is 0.471 e. The van der Waals surface area contributed by atoms with Crippen molar-refractivity contribution in [2.75, 3.05) is 18.5 Å². The van der Waals surface area contributed by atoms with Crippen LogP contribution in [0.5, 0.6) is 11.6 Å². The molecule has 3 aromatic rings. The Morgan fingerprint density at radius 3 is 2.72 bits per heavy atom. The molecule has 2 aromatic heterocycles. The normalized spacial score (nSPS) is 20.8. The maximum Gasteiger partial charge on any atom is 0.387 e. The number of aliphatic hydroxyl groups excluding tert-OH is 2. The molecule has 0 spiro atoms. The summed E-state index contributed by atoms with van der Waals surface area (Å²) in [5, 5.41) is 22.7. The second-order valence-corrected chi connectivity index (χ2v) is 7.26. The van der Waals surface area contributed by atoms with E-state index in [0.717, 1.165) is 0 Å². The topological polar surface area (TPSA) is 124 Å². The number of hydrogen-bond acceptors (Lipinski definition) is 9. The van der Waals surface area contributed by atoms with Gasteiger partial charge in [-0.2, -0.15) is 13.8 Å². The van der Waals surface area contributed by atoms with Crippen molar-refractivity contribution >= 4 is 17.1 Å². The Labute approximate surface area is 181 Å². The fourth-order valence-electron chi connectivity index (χ4n) is 3.52. The Morgan fingerprint density at radius 1 is 1.28 bits per heavy atom. The van der Waals surface area contributed by atoms with Crippen LogP contribution in [0.3, 0.4) is 0 Å². The van der Waals surface area contributed by atoms with E-state index in [1.54, 1.807) is 16.7 Å². The van der Waals surface area contributed by atoms with Gasteiger partial charge in [-0.05, 0) is 24.6 Å². The summed E-state index contributed by atoms with van der Waals surface area (Å²) in [5.41, 5.74) is 1.45. The van der Waals surface area contributed by atoms with E-state index in [2.05, 4.69) is 25.0 Å². The van der Waals surface area contributed by atoms with Gasteiger partial charge in [-0.1, -0.05) is 12.1 Å². The average Bonchev–Trinajstić information content (AvgIpc) is 3.29. The fraction of sp³-hybridized carbons (Fsp3) is 0.450. The lowest BCUT2D eigenvalue weighted by Gasteiger charge is -2.19. The third-order valence-corrected chi connectivity index (χ3v) is 4.89. The van der Waals surface area contributed by atoms with Crippen LogP contribution >= 0.6 is 0 Å². The number of hydrogen-bond donors (Lipinski definition) is 3. The maximum absolute atomic E-state index is 12.3. The summed E-state index contributed by atoms with van der Waals surface area (Å²) in [6, 6.07) is 6.05. The number of rotatable bonds is 9. The molecule has 1 aliphatic rings. The lowest BCUT2D eigenvalue weighted by Crippen LogP contribution is -2.22. The third kappa shape index (κ3) is 4.71. The van der Waals surface area contributed by atoms with Crippen molar-refractivity contribution in [3.8, 4) is 11.6 Å². The highest BCUT2D eigenvalue weighted by molar-refractivity contribution is 5.79. The zero-order valence-corrected chi connectivity index (χ0v) is 17.2. The van der Waals surface area contributed by atoms with Crippen LogP contribution in [0.1, 0.15) is 25.1 Å². The van der Waals surface area contributed by atoms with Gasteiger partial charge in [0.15, 0.2) is 17.4 Å². The maximum atomic E-state index is 12.3. The Kier molecular flexibility index (Phi) is 6.63. The molecule has 0 aliphatic carbocycles. The van der Waals surface area contributed by atoms with Crippen LogP contribution in [0, 0.1) is 0 Å². The molecule has 1 aliphatic heterocycles. The van der Waals surface area contributed by atoms with E-state index in [-0.39, 0.29) is 37.5 Å². The van der Waals surface area contributed by atoms with Gasteiger partial charge < -0.3 is 29.7 Å². The zero-order valence-electron chi connectivity index (χ0n) is 17.2. The summed E-state index contributed by atoms with van der Waals surface area (Å²) < 4.78 is 42.2. The van der Waals surface area contributed by atoms with Crippen LogP contribution in [0.15, 0.2) is 30.6 Å². The molecule has 0 bridgehead atoms. The molecule has 3 N–H and O–H groups in total. The molecule has 1 saturated heterocycles. The molecule has 172 valence electrons. The fourth-order valence-corrected chi connectivity index (χ4v) is 3.52. The van der Waals surface area contributed by atoms with Crippen molar-refractivity contribution in [1.29, 1.82) is 0 Å². The van der Waals surface area contributed by atoms with Crippen molar-refractivity contribution in [2.45, 2.75) is 45.0 Å². The van der Waals surface area contributed by atoms with Crippen molar-refractivity contribution < 1.29 is 33.2 Å². The summed E-state index contributed by atoms with van der Waals surface area (Å²) in [4.78, 5) is 13.0. The summed E-state index contributed by atoms with van der Waals surface area (Å²) in [5.74, 6) is 0.608. The quantitative estimate of drug-likeness (QED) is 0.449. The number of fused-ring (bicyclic) bond motifs is 1. The molecule has 10 nitrogen and oxygen atoms in total. The molecular weight excluding hydrogens is 428 g/mol. The Hall–Kier alpha value is -3.09. The van der Waals surface area contributed by atoms with Crippen LogP contribution < -0.4 is 14.8 Å². The first-order valence-electron chi connectivity index (χ1n) is 10.0. The monoisotopic (exact) mass is 451 g/mol. The molecule has 1 aromatic carbocycles. The second-order valence-electron chi connectivity index (χ2n) is 7.26. The summed E-state index contributed by atoms with van der Waals surface area (Å²) in [7, 11) is 0. The molecule has 1 fully saturated rings. The minimum Gasteiger partial charge on any atom is -0.471 e. The van der Waals surface area contributed by atoms with Gasteiger partial charge in [0.05, 0.1) is 12.7 Å². The molecule has 0 radical (unpaired) electrons. The van der Waals surface area contributed by atoms with Gasteiger partial charge in [0.25, 0.3) is 0 Å². The summed E-state index contributed by atoms with van der Waals surface area (Å²) >= 11 is 0. The Bertz CT molecular complexity index is 1050. The van der Waals surface area contributed by atoms with Crippen LogP contribution in [-0.2, 0) is 11.3 Å². The number of nitrogens with one attached hydrogen (secondary N) is 1. The highest BCUT2D eigenvalue weighted by Crippen LogP contribution is 2.35. The smallest absolute Gasteiger partial charge is 0.387 e. The number of anilines is 1. The highest BCUT2D eigenvalue weighted by atomic mass is 19.3. The third-order valence-electron chi connectivity index (χ3n) is 4.89. The van der Waals surface area contributed by atoms with Gasteiger partial charge in [-0.15, -0.1) is 0 Å². The minimum absolute atomic E-state index is 0.0517. The first-order chi connectivity index (χ1) is 15.5. The summed E-state index contributed by atoms with van der Waals surface area (Å²) in [6.07, 6.45) is 0.166. The Balaban J connectivity index is 1.60. The van der Waals surface area contributed by atoms with Crippen molar-refractivity contribution in [1.82, 2.24) is 19.5 Å². The highest BCUT2D eigenvalue weighted by Gasteiger charge is 2.36. The number of alkyl halides is 2. The van der Waals surface area contributed by atoms with Gasteiger partial charge in [0, 0.05) is 13.0 Å². The van der Waals surface area contributed by atoms with Crippen molar-refractivity contribution in [2.24, 2.45) is 0 Å². The summed E-state index contributed by atoms with van der Waals surface area (Å²) in [6.45, 7) is -0.802. The zero-order chi connectivity index (χ0) is 22.7. The van der Waals surface area contributed by atoms with Crippen LogP contribution in [0.2, 0.25) is 0 Å². The SMILES string of the molecule is C[C@@H]1C[C@@H](O)[C@H](n2c(NCCO)nc3c(OCc4ccc(OC(F)F)cc4)ncnc32)O1. The molecule has 4 rings (SSSR count). The molecule has 32 heavy (non-hydrogen) atoms. The lowest BCUT2D eigenvalue weighted by molar-refractivity contribution is -0.0498. The van der Waals surface area contributed by atoms with Crippen LogP contribution in [0.4, 0.5) is 14.7 Å². The average molecular weight is 451 g/mol. The van der Waals surface area contributed by atoms with E-state index in [9.17, 15) is 19.0 Å². The van der Waals surface area contributed by atoms with Crippen LogP contribution in [-0.4, -0.2) is 61.7 Å². The molecule has 0 amide bonds. The standard InChI is InChI=1S/C20H23F2N5O5/c1-11-8-14(29)18(31-11)27-16-15(26-20(27)23-6-7-28)17(25-10-24-16)30-9-12-2-4-13(5-3-12)32-19(21)22/h2-5,10-11,14,18-19,28-29H,6-9H2,1H3,(H,23,26)/t11-,14-,18-/m1/s1. The van der Waals surface area contributed by atoms with Gasteiger partial charge in [0.1, 0.15) is 24.8 Å². The molecule has 3 atom stereocenters. The van der Waals surface area contributed by atoms with Crippen LogP contribution in [0.25, 0.3) is 11.2 Å². The number of halogens is 2. The number of benzene rings is 1. The van der Waals surface area contributed by atoms with Gasteiger partial charge >= 0.3 is 6.61 Å². The van der Waals surface area contributed by atoms with E-state index >= 15 is 0 Å². The molecule has 0 unspecified atom stereocenters. The number of ether oxygens (including phenoxy) is 3. The first kappa shape index (κ1) is 22.1. The number of nitrogens with zero attached hydrogens (tertiary/aromatic N) is 4. The second kappa shape index (κ2) is 9.59. The molecular formula is C20H23F2N5O5. The minimum atomic E-state index is -2.89. The van der Waals surface area contributed by atoms with E-state index in [4.69, 9.17) is 9.47 Å². The van der Waals surface area contributed by atoms with E-state index in [1.165, 1.54) is 18.5 Å².